The maximum absolute atomic E-state index is 10.0. The average molecular weight is 226 g/mol. The molecule has 0 spiro atoms. The first-order valence-corrected chi connectivity index (χ1v) is 6.02. The summed E-state index contributed by atoms with van der Waals surface area (Å²) in [5, 5.41) is 39.5. The SMILES string of the molecule is OC1C(O)C(O)C2C3C=CC(CC3)C2C1O. The van der Waals surface area contributed by atoms with E-state index in [-0.39, 0.29) is 23.7 Å². The summed E-state index contributed by atoms with van der Waals surface area (Å²) in [6.07, 6.45) is 1.94. The number of hydrogen-bond donors (Lipinski definition) is 4. The van der Waals surface area contributed by atoms with E-state index in [1.165, 1.54) is 0 Å². The van der Waals surface area contributed by atoms with Crippen LogP contribution in [0.25, 0.3) is 0 Å². The van der Waals surface area contributed by atoms with E-state index in [1.807, 2.05) is 0 Å². The van der Waals surface area contributed by atoms with E-state index in [4.69, 9.17) is 0 Å². The fraction of sp³-hybridized carbons (Fsp3) is 0.833. The van der Waals surface area contributed by atoms with E-state index in [9.17, 15) is 20.4 Å². The minimum Gasteiger partial charge on any atom is -0.390 e. The molecule has 2 saturated carbocycles. The van der Waals surface area contributed by atoms with Crippen LogP contribution in [0.4, 0.5) is 0 Å². The smallest absolute Gasteiger partial charge is 0.109 e. The molecule has 0 aromatic rings. The number of rotatable bonds is 0. The minimum absolute atomic E-state index is 0.0999. The van der Waals surface area contributed by atoms with Crippen LogP contribution in [-0.4, -0.2) is 44.8 Å². The van der Waals surface area contributed by atoms with Crippen LogP contribution >= 0.6 is 0 Å². The normalized spacial score (nSPS) is 59.8. The molecule has 90 valence electrons. The highest BCUT2D eigenvalue weighted by Gasteiger charge is 2.55. The van der Waals surface area contributed by atoms with Crippen molar-refractivity contribution in [1.82, 2.24) is 0 Å². The first-order chi connectivity index (χ1) is 7.61. The van der Waals surface area contributed by atoms with Crippen molar-refractivity contribution in [3.63, 3.8) is 0 Å². The van der Waals surface area contributed by atoms with Crippen LogP contribution in [-0.2, 0) is 0 Å². The van der Waals surface area contributed by atoms with Gasteiger partial charge in [0.15, 0.2) is 0 Å². The zero-order chi connectivity index (χ0) is 11.4. The molecule has 4 nitrogen and oxygen atoms in total. The molecule has 16 heavy (non-hydrogen) atoms. The largest absolute Gasteiger partial charge is 0.390 e. The van der Waals surface area contributed by atoms with Gasteiger partial charge in [0.05, 0.1) is 12.2 Å². The summed E-state index contributed by atoms with van der Waals surface area (Å²) in [6, 6.07) is 0. The highest BCUT2D eigenvalue weighted by molar-refractivity contribution is 5.16. The molecule has 8 unspecified atom stereocenters. The molecule has 8 atom stereocenters. The van der Waals surface area contributed by atoms with E-state index in [1.54, 1.807) is 0 Å². The number of allylic oxidation sites excluding steroid dienone is 2. The van der Waals surface area contributed by atoms with Gasteiger partial charge in [-0.05, 0) is 36.5 Å². The molecule has 0 heterocycles. The fourth-order valence-electron chi connectivity index (χ4n) is 3.90. The van der Waals surface area contributed by atoms with Gasteiger partial charge in [0.25, 0.3) is 0 Å². The molecular weight excluding hydrogens is 208 g/mol. The van der Waals surface area contributed by atoms with Crippen LogP contribution in [0, 0.1) is 23.7 Å². The van der Waals surface area contributed by atoms with Gasteiger partial charge < -0.3 is 20.4 Å². The van der Waals surface area contributed by atoms with Crippen molar-refractivity contribution >= 4 is 0 Å². The number of fused-ring (bicyclic) bond motifs is 1. The van der Waals surface area contributed by atoms with Crippen LogP contribution < -0.4 is 0 Å². The van der Waals surface area contributed by atoms with Crippen molar-refractivity contribution in [2.45, 2.75) is 37.3 Å². The molecular formula is C12H18O4. The molecule has 0 radical (unpaired) electrons. The van der Waals surface area contributed by atoms with Crippen LogP contribution in [0.2, 0.25) is 0 Å². The molecule has 0 saturated heterocycles. The number of hydrogen-bond acceptors (Lipinski definition) is 4. The van der Waals surface area contributed by atoms with Gasteiger partial charge in [-0.25, -0.2) is 0 Å². The third-order valence-corrected chi connectivity index (χ3v) is 4.71. The predicted molar refractivity (Wildman–Crippen MR) is 56.4 cm³/mol. The maximum atomic E-state index is 10.0. The molecule has 4 aliphatic carbocycles. The Morgan fingerprint density at radius 3 is 1.31 bits per heavy atom. The Kier molecular flexibility index (Phi) is 2.37. The summed E-state index contributed by atoms with van der Waals surface area (Å²) in [5.41, 5.74) is 0. The molecule has 0 aromatic heterocycles. The van der Waals surface area contributed by atoms with Gasteiger partial charge in [-0.15, -0.1) is 0 Å². The average Bonchev–Trinajstić information content (AvgIpc) is 2.34. The zero-order valence-electron chi connectivity index (χ0n) is 8.98. The van der Waals surface area contributed by atoms with Crippen molar-refractivity contribution in [1.29, 1.82) is 0 Å². The molecule has 4 N–H and O–H groups in total. The molecule has 0 aliphatic heterocycles. The maximum Gasteiger partial charge on any atom is 0.109 e. The van der Waals surface area contributed by atoms with Gasteiger partial charge >= 0.3 is 0 Å². The summed E-state index contributed by atoms with van der Waals surface area (Å²) in [7, 11) is 0. The topological polar surface area (TPSA) is 80.9 Å². The lowest BCUT2D eigenvalue weighted by atomic mass is 9.55. The number of aliphatic hydroxyl groups excluding tert-OH is 4. The lowest BCUT2D eigenvalue weighted by molar-refractivity contribution is -0.208. The van der Waals surface area contributed by atoms with Gasteiger partial charge in [0.2, 0.25) is 0 Å². The van der Waals surface area contributed by atoms with Gasteiger partial charge in [-0.2, -0.15) is 0 Å². The van der Waals surface area contributed by atoms with E-state index in [0.717, 1.165) is 12.8 Å². The molecule has 2 bridgehead atoms. The molecule has 0 amide bonds. The van der Waals surface area contributed by atoms with Crippen molar-refractivity contribution in [2.24, 2.45) is 23.7 Å². The van der Waals surface area contributed by atoms with Crippen molar-refractivity contribution in [2.75, 3.05) is 0 Å². The second kappa shape index (κ2) is 3.53. The van der Waals surface area contributed by atoms with E-state index >= 15 is 0 Å². The Bertz CT molecular complexity index is 286. The monoisotopic (exact) mass is 226 g/mol. The quantitative estimate of drug-likeness (QED) is 0.411. The first-order valence-electron chi connectivity index (χ1n) is 6.02. The Hall–Kier alpha value is -0.420. The van der Waals surface area contributed by atoms with Gasteiger partial charge in [0, 0.05) is 0 Å². The zero-order valence-corrected chi connectivity index (χ0v) is 8.98. The Morgan fingerprint density at radius 2 is 1.00 bits per heavy atom. The summed E-state index contributed by atoms with van der Waals surface area (Å²) >= 11 is 0. The van der Waals surface area contributed by atoms with Crippen molar-refractivity contribution in [3.8, 4) is 0 Å². The lowest BCUT2D eigenvalue weighted by Crippen LogP contribution is -2.63. The van der Waals surface area contributed by atoms with E-state index < -0.39 is 24.4 Å². The van der Waals surface area contributed by atoms with Crippen LogP contribution in [0.1, 0.15) is 12.8 Å². The predicted octanol–water partition coefficient (Wildman–Crippen LogP) is -0.728. The Morgan fingerprint density at radius 1 is 0.625 bits per heavy atom. The first kappa shape index (κ1) is 10.7. The molecule has 2 fully saturated rings. The van der Waals surface area contributed by atoms with Crippen molar-refractivity contribution < 1.29 is 20.4 Å². The standard InChI is InChI=1S/C12H18O4/c13-9-7-5-1-2-6(4-3-5)8(7)10(14)12(16)11(9)15/h1-2,5-16H,3-4H2. The molecule has 4 heteroatoms. The summed E-state index contributed by atoms with van der Waals surface area (Å²) < 4.78 is 0. The third kappa shape index (κ3) is 1.24. The van der Waals surface area contributed by atoms with Gasteiger partial charge in [-0.1, -0.05) is 12.2 Å². The lowest BCUT2D eigenvalue weighted by Gasteiger charge is -2.54. The van der Waals surface area contributed by atoms with Crippen molar-refractivity contribution in [3.05, 3.63) is 12.2 Å². The highest BCUT2D eigenvalue weighted by atomic mass is 16.4. The highest BCUT2D eigenvalue weighted by Crippen LogP contribution is 2.51. The molecule has 0 aromatic carbocycles. The molecule has 4 aliphatic rings. The molecule has 4 rings (SSSR count). The second-order valence-corrected chi connectivity index (χ2v) is 5.41. The summed E-state index contributed by atoms with van der Waals surface area (Å²) in [5.74, 6) is 0.276. The van der Waals surface area contributed by atoms with Crippen LogP contribution in [0.3, 0.4) is 0 Å². The van der Waals surface area contributed by atoms with Gasteiger partial charge in [0.1, 0.15) is 12.2 Å². The van der Waals surface area contributed by atoms with Crippen LogP contribution in [0.5, 0.6) is 0 Å². The van der Waals surface area contributed by atoms with Gasteiger partial charge in [-0.3, -0.25) is 0 Å². The summed E-state index contributed by atoms with van der Waals surface area (Å²) in [4.78, 5) is 0. The fourth-order valence-corrected chi connectivity index (χ4v) is 3.90. The Balaban J connectivity index is 1.97. The summed E-state index contributed by atoms with van der Waals surface area (Å²) in [6.45, 7) is 0. The third-order valence-electron chi connectivity index (χ3n) is 4.71. The minimum atomic E-state index is -1.22. The van der Waals surface area contributed by atoms with E-state index in [2.05, 4.69) is 12.2 Å². The van der Waals surface area contributed by atoms with E-state index in [0.29, 0.717) is 0 Å². The van der Waals surface area contributed by atoms with Crippen LogP contribution in [0.15, 0.2) is 12.2 Å². The Labute approximate surface area is 94.2 Å². The second-order valence-electron chi connectivity index (χ2n) is 5.41. The number of aliphatic hydroxyl groups is 4.